The van der Waals surface area contributed by atoms with E-state index >= 15 is 0 Å². The van der Waals surface area contributed by atoms with Gasteiger partial charge in [0.1, 0.15) is 0 Å². The molecule has 1 aromatic carbocycles. The Labute approximate surface area is 88.5 Å². The van der Waals surface area contributed by atoms with Crippen molar-refractivity contribution in [2.75, 3.05) is 6.54 Å². The van der Waals surface area contributed by atoms with E-state index in [4.69, 9.17) is 11.6 Å². The van der Waals surface area contributed by atoms with Crippen molar-refractivity contribution in [3.05, 3.63) is 47.1 Å². The number of aliphatic imine (C=N–C) groups is 1. The third kappa shape index (κ3) is 2.36. The van der Waals surface area contributed by atoms with Gasteiger partial charge in [-0.05, 0) is 23.8 Å². The van der Waals surface area contributed by atoms with Gasteiger partial charge in [-0.1, -0.05) is 23.7 Å². The second kappa shape index (κ2) is 4.29. The SMILES string of the molecule is Clc1ccc(CN2C=NC=CC2)cc1. The molecule has 72 valence electrons. The van der Waals surface area contributed by atoms with E-state index in [9.17, 15) is 0 Å². The summed E-state index contributed by atoms with van der Waals surface area (Å²) in [6.07, 6.45) is 5.71. The van der Waals surface area contributed by atoms with Gasteiger partial charge in [-0.2, -0.15) is 0 Å². The molecule has 14 heavy (non-hydrogen) atoms. The van der Waals surface area contributed by atoms with Crippen LogP contribution in [-0.4, -0.2) is 17.8 Å². The first kappa shape index (κ1) is 9.28. The Morgan fingerprint density at radius 2 is 2.07 bits per heavy atom. The van der Waals surface area contributed by atoms with E-state index in [1.54, 1.807) is 0 Å². The summed E-state index contributed by atoms with van der Waals surface area (Å²) in [6.45, 7) is 1.80. The lowest BCUT2D eigenvalue weighted by Gasteiger charge is -2.19. The van der Waals surface area contributed by atoms with Gasteiger partial charge in [0, 0.05) is 24.3 Å². The van der Waals surface area contributed by atoms with Gasteiger partial charge >= 0.3 is 0 Å². The average Bonchev–Trinajstić information content (AvgIpc) is 2.23. The summed E-state index contributed by atoms with van der Waals surface area (Å²) in [5.74, 6) is 0. The fourth-order valence-electron chi connectivity index (χ4n) is 1.35. The van der Waals surface area contributed by atoms with Crippen LogP contribution in [0.4, 0.5) is 0 Å². The first-order chi connectivity index (χ1) is 6.84. The van der Waals surface area contributed by atoms with Crippen LogP contribution in [-0.2, 0) is 6.54 Å². The van der Waals surface area contributed by atoms with Crippen LogP contribution in [0.15, 0.2) is 41.5 Å². The molecule has 0 aromatic heterocycles. The Morgan fingerprint density at radius 3 is 2.71 bits per heavy atom. The van der Waals surface area contributed by atoms with E-state index in [0.29, 0.717) is 0 Å². The highest BCUT2D eigenvalue weighted by molar-refractivity contribution is 6.30. The molecule has 1 aliphatic heterocycles. The number of benzene rings is 1. The van der Waals surface area contributed by atoms with Crippen molar-refractivity contribution in [1.29, 1.82) is 0 Å². The third-order valence-corrected chi connectivity index (χ3v) is 2.31. The zero-order chi connectivity index (χ0) is 9.80. The standard InChI is InChI=1S/C11H11ClN2/c12-11-4-2-10(3-5-11)8-14-7-1-6-13-9-14/h1-6,9H,7-8H2. The fourth-order valence-corrected chi connectivity index (χ4v) is 1.48. The van der Waals surface area contributed by atoms with Crippen molar-refractivity contribution in [3.63, 3.8) is 0 Å². The molecule has 3 heteroatoms. The van der Waals surface area contributed by atoms with E-state index < -0.39 is 0 Å². The number of rotatable bonds is 2. The maximum atomic E-state index is 5.80. The monoisotopic (exact) mass is 206 g/mol. The third-order valence-electron chi connectivity index (χ3n) is 2.06. The molecule has 0 fully saturated rings. The molecule has 0 radical (unpaired) electrons. The summed E-state index contributed by atoms with van der Waals surface area (Å²) in [4.78, 5) is 6.21. The minimum absolute atomic E-state index is 0.779. The van der Waals surface area contributed by atoms with Crippen molar-refractivity contribution in [2.24, 2.45) is 4.99 Å². The van der Waals surface area contributed by atoms with Crippen LogP contribution in [0.25, 0.3) is 0 Å². The predicted octanol–water partition coefficient (Wildman–Crippen LogP) is 2.70. The van der Waals surface area contributed by atoms with Gasteiger partial charge in [-0.25, -0.2) is 4.99 Å². The van der Waals surface area contributed by atoms with Gasteiger partial charge < -0.3 is 4.90 Å². The summed E-state index contributed by atoms with van der Waals surface area (Å²) in [5, 5.41) is 0.779. The molecule has 0 saturated heterocycles. The maximum absolute atomic E-state index is 5.80. The smallest absolute Gasteiger partial charge is 0.0910 e. The first-order valence-electron chi connectivity index (χ1n) is 4.51. The van der Waals surface area contributed by atoms with Crippen LogP contribution in [0.5, 0.6) is 0 Å². The summed E-state index contributed by atoms with van der Waals surface area (Å²) in [5.41, 5.74) is 1.25. The van der Waals surface area contributed by atoms with Crippen molar-refractivity contribution in [1.82, 2.24) is 4.90 Å². The van der Waals surface area contributed by atoms with Crippen molar-refractivity contribution < 1.29 is 0 Å². The Morgan fingerprint density at radius 1 is 1.29 bits per heavy atom. The molecular weight excluding hydrogens is 196 g/mol. The average molecular weight is 207 g/mol. The normalized spacial score (nSPS) is 14.8. The van der Waals surface area contributed by atoms with Gasteiger partial charge in [0.05, 0.1) is 6.34 Å². The van der Waals surface area contributed by atoms with Gasteiger partial charge in [0.25, 0.3) is 0 Å². The second-order valence-corrected chi connectivity index (χ2v) is 3.64. The van der Waals surface area contributed by atoms with E-state index in [2.05, 4.69) is 9.89 Å². The molecule has 2 rings (SSSR count). The van der Waals surface area contributed by atoms with Crippen LogP contribution in [0.1, 0.15) is 5.56 Å². The quantitative estimate of drug-likeness (QED) is 0.727. The van der Waals surface area contributed by atoms with Crippen LogP contribution in [0, 0.1) is 0 Å². The van der Waals surface area contributed by atoms with Crippen LogP contribution < -0.4 is 0 Å². The number of nitrogens with zero attached hydrogens (tertiary/aromatic N) is 2. The van der Waals surface area contributed by atoms with Crippen molar-refractivity contribution >= 4 is 17.9 Å². The molecule has 0 aliphatic carbocycles. The van der Waals surface area contributed by atoms with Gasteiger partial charge in [0.2, 0.25) is 0 Å². The Kier molecular flexibility index (Phi) is 2.84. The molecule has 1 heterocycles. The summed E-state index contributed by atoms with van der Waals surface area (Å²) >= 11 is 5.80. The molecule has 1 aromatic rings. The maximum Gasteiger partial charge on any atom is 0.0910 e. The molecule has 0 atom stereocenters. The van der Waals surface area contributed by atoms with E-state index in [-0.39, 0.29) is 0 Å². The Balaban J connectivity index is 2.00. The molecular formula is C11H11ClN2. The molecule has 0 saturated carbocycles. The highest BCUT2D eigenvalue weighted by Crippen LogP contribution is 2.11. The van der Waals surface area contributed by atoms with Crippen LogP contribution >= 0.6 is 11.6 Å². The lowest BCUT2D eigenvalue weighted by molar-refractivity contribution is 0.465. The molecule has 1 aliphatic rings. The number of hydrogen-bond donors (Lipinski definition) is 0. The molecule has 0 bridgehead atoms. The minimum Gasteiger partial charge on any atom is -0.354 e. The minimum atomic E-state index is 0.779. The fraction of sp³-hybridized carbons (Fsp3) is 0.182. The summed E-state index contributed by atoms with van der Waals surface area (Å²) in [7, 11) is 0. The van der Waals surface area contributed by atoms with Crippen LogP contribution in [0.2, 0.25) is 5.02 Å². The number of hydrogen-bond acceptors (Lipinski definition) is 2. The van der Waals surface area contributed by atoms with Gasteiger partial charge in [-0.15, -0.1) is 0 Å². The summed E-state index contributed by atoms with van der Waals surface area (Å²) < 4.78 is 0. The largest absolute Gasteiger partial charge is 0.354 e. The van der Waals surface area contributed by atoms with Gasteiger partial charge in [0.15, 0.2) is 0 Å². The Bertz CT molecular complexity index is 354. The molecule has 0 unspecified atom stereocenters. The lowest BCUT2D eigenvalue weighted by Crippen LogP contribution is -2.22. The lowest BCUT2D eigenvalue weighted by atomic mass is 10.2. The molecule has 0 spiro atoms. The van der Waals surface area contributed by atoms with Crippen LogP contribution in [0.3, 0.4) is 0 Å². The van der Waals surface area contributed by atoms with Gasteiger partial charge in [-0.3, -0.25) is 0 Å². The first-order valence-corrected chi connectivity index (χ1v) is 4.89. The predicted molar refractivity (Wildman–Crippen MR) is 59.5 cm³/mol. The highest BCUT2D eigenvalue weighted by Gasteiger charge is 2.01. The highest BCUT2D eigenvalue weighted by atomic mass is 35.5. The summed E-state index contributed by atoms with van der Waals surface area (Å²) in [6, 6.07) is 7.89. The van der Waals surface area contributed by atoms with E-state index in [1.807, 2.05) is 42.9 Å². The second-order valence-electron chi connectivity index (χ2n) is 3.21. The van der Waals surface area contributed by atoms with Crippen molar-refractivity contribution in [2.45, 2.75) is 6.54 Å². The number of halogens is 1. The topological polar surface area (TPSA) is 15.6 Å². The Hall–Kier alpha value is -1.28. The zero-order valence-corrected chi connectivity index (χ0v) is 8.48. The zero-order valence-electron chi connectivity index (χ0n) is 7.73. The molecule has 2 nitrogen and oxygen atoms in total. The van der Waals surface area contributed by atoms with Crippen molar-refractivity contribution in [3.8, 4) is 0 Å². The van der Waals surface area contributed by atoms with E-state index in [1.165, 1.54) is 5.56 Å². The molecule has 0 N–H and O–H groups in total. The van der Waals surface area contributed by atoms with E-state index in [0.717, 1.165) is 18.1 Å². The molecule has 0 amide bonds.